The van der Waals surface area contributed by atoms with Crippen LogP contribution in [0.15, 0.2) is 160 Å². The molecule has 0 spiro atoms. The third-order valence-electron chi connectivity index (χ3n) is 8.68. The maximum atomic E-state index is 14.0. The minimum absolute atomic E-state index is 0.267. The van der Waals surface area contributed by atoms with Gasteiger partial charge in [0.2, 0.25) is 15.6 Å². The Balaban J connectivity index is 1.30. The highest BCUT2D eigenvalue weighted by molar-refractivity contribution is 7.92. The minimum Gasteiger partial charge on any atom is -0.436 e. The summed E-state index contributed by atoms with van der Waals surface area (Å²) in [6.07, 6.45) is 0. The van der Waals surface area contributed by atoms with E-state index in [2.05, 4.69) is 18.2 Å². The molecule has 0 saturated heterocycles. The Bertz CT molecular complexity index is 2580. The Morgan fingerprint density at radius 3 is 1.80 bits per heavy atom. The van der Waals surface area contributed by atoms with Crippen LogP contribution >= 0.6 is 0 Å². The molecule has 0 unspecified atom stereocenters. The molecule has 0 amide bonds. The summed E-state index contributed by atoms with van der Waals surface area (Å²) in [5.41, 5.74) is 9.76. The van der Waals surface area contributed by atoms with Crippen LogP contribution in [0.1, 0.15) is 0 Å². The fraction of sp³-hybridized carbons (Fsp3) is 0. The molecule has 0 radical (unpaired) electrons. The molecule has 0 N–H and O–H groups in total. The van der Waals surface area contributed by atoms with Crippen molar-refractivity contribution in [3.63, 3.8) is 0 Å². The number of benzene rings is 6. The number of furan rings is 1. The van der Waals surface area contributed by atoms with Crippen LogP contribution in [0.5, 0.6) is 0 Å². The molecule has 0 saturated carbocycles. The van der Waals surface area contributed by atoms with E-state index in [1.165, 1.54) is 0 Å². The van der Waals surface area contributed by atoms with Gasteiger partial charge >= 0.3 is 0 Å². The van der Waals surface area contributed by atoms with Gasteiger partial charge in [-0.25, -0.2) is 18.4 Å². The normalized spacial score (nSPS) is 13.1. The lowest BCUT2D eigenvalue weighted by atomic mass is 9.93. The average Bonchev–Trinajstić information content (AvgIpc) is 3.59. The van der Waals surface area contributed by atoms with Gasteiger partial charge in [-0.2, -0.15) is 0 Å². The van der Waals surface area contributed by atoms with Crippen molar-refractivity contribution in [3.8, 4) is 55.9 Å². The molecule has 5 nitrogen and oxygen atoms in total. The SMILES string of the molecule is O=S1(=O)c2cc(-c3ccccc3)ccc2-c2c(-c3nc4oc5ccc(-c6ccccc6)cc5c4nc3-c3ccccc3)cccc21. The molecule has 8 aromatic rings. The summed E-state index contributed by atoms with van der Waals surface area (Å²) in [6.45, 7) is 0. The number of hydrogen-bond donors (Lipinski definition) is 0. The van der Waals surface area contributed by atoms with Crippen LogP contribution in [-0.4, -0.2) is 18.4 Å². The molecule has 0 aliphatic carbocycles. The van der Waals surface area contributed by atoms with E-state index in [0.717, 1.165) is 33.2 Å². The highest BCUT2D eigenvalue weighted by Crippen LogP contribution is 2.50. The molecule has 0 bridgehead atoms. The molecule has 1 aliphatic heterocycles. The Morgan fingerprint density at radius 2 is 1.11 bits per heavy atom. The van der Waals surface area contributed by atoms with Crippen LogP contribution in [-0.2, 0) is 9.84 Å². The Kier molecular flexibility index (Phi) is 5.82. The van der Waals surface area contributed by atoms with Gasteiger partial charge in [0.1, 0.15) is 16.8 Å². The van der Waals surface area contributed by atoms with E-state index >= 15 is 0 Å². The van der Waals surface area contributed by atoms with E-state index in [0.29, 0.717) is 49.8 Å². The Labute approximate surface area is 265 Å². The monoisotopic (exact) mass is 612 g/mol. The van der Waals surface area contributed by atoms with E-state index in [1.807, 2.05) is 109 Å². The molecule has 0 fully saturated rings. The van der Waals surface area contributed by atoms with Gasteiger partial charge in [0.25, 0.3) is 0 Å². The van der Waals surface area contributed by atoms with E-state index in [-0.39, 0.29) is 4.90 Å². The largest absolute Gasteiger partial charge is 0.436 e. The van der Waals surface area contributed by atoms with Crippen LogP contribution in [0.4, 0.5) is 0 Å². The number of sulfone groups is 1. The van der Waals surface area contributed by atoms with Crippen LogP contribution in [0.3, 0.4) is 0 Å². The summed E-state index contributed by atoms with van der Waals surface area (Å²) < 4.78 is 34.3. The molecule has 6 aromatic carbocycles. The summed E-state index contributed by atoms with van der Waals surface area (Å²) in [5, 5.41) is 0.868. The molecule has 0 atom stereocenters. The van der Waals surface area contributed by atoms with Gasteiger partial charge in [-0.05, 0) is 46.5 Å². The van der Waals surface area contributed by atoms with Crippen molar-refractivity contribution in [2.75, 3.05) is 0 Å². The fourth-order valence-electron chi connectivity index (χ4n) is 6.48. The summed E-state index contributed by atoms with van der Waals surface area (Å²) in [4.78, 5) is 10.9. The fourth-order valence-corrected chi connectivity index (χ4v) is 8.21. The number of rotatable bonds is 4. The first-order valence-electron chi connectivity index (χ1n) is 15.0. The third kappa shape index (κ3) is 4.04. The third-order valence-corrected chi connectivity index (χ3v) is 10.5. The van der Waals surface area contributed by atoms with Crippen molar-refractivity contribution >= 4 is 32.0 Å². The van der Waals surface area contributed by atoms with Crippen LogP contribution < -0.4 is 0 Å². The van der Waals surface area contributed by atoms with Crippen molar-refractivity contribution in [2.45, 2.75) is 9.79 Å². The van der Waals surface area contributed by atoms with E-state index in [9.17, 15) is 8.42 Å². The molecular formula is C40H24N2O3S. The van der Waals surface area contributed by atoms with E-state index < -0.39 is 9.84 Å². The molecule has 218 valence electrons. The Morgan fingerprint density at radius 1 is 0.478 bits per heavy atom. The van der Waals surface area contributed by atoms with Gasteiger partial charge in [0, 0.05) is 27.6 Å². The van der Waals surface area contributed by atoms with Crippen LogP contribution in [0, 0.1) is 0 Å². The van der Waals surface area contributed by atoms with Crippen LogP contribution in [0.25, 0.3) is 78.1 Å². The molecule has 6 heteroatoms. The van der Waals surface area contributed by atoms with Crippen LogP contribution in [0.2, 0.25) is 0 Å². The zero-order valence-electron chi connectivity index (χ0n) is 24.4. The summed E-state index contributed by atoms with van der Waals surface area (Å²) in [6, 6.07) is 47.0. The maximum Gasteiger partial charge on any atom is 0.246 e. The van der Waals surface area contributed by atoms with E-state index in [1.54, 1.807) is 18.2 Å². The second-order valence-electron chi connectivity index (χ2n) is 11.4. The first kappa shape index (κ1) is 26.5. The topological polar surface area (TPSA) is 73.1 Å². The van der Waals surface area contributed by atoms with Crippen molar-refractivity contribution in [1.82, 2.24) is 9.97 Å². The number of aromatic nitrogens is 2. The summed E-state index contributed by atoms with van der Waals surface area (Å²) >= 11 is 0. The van der Waals surface area contributed by atoms with Gasteiger partial charge in [-0.15, -0.1) is 0 Å². The van der Waals surface area contributed by atoms with Gasteiger partial charge in [-0.3, -0.25) is 0 Å². The lowest BCUT2D eigenvalue weighted by molar-refractivity contribution is 0.598. The van der Waals surface area contributed by atoms with Crippen molar-refractivity contribution in [2.24, 2.45) is 0 Å². The summed E-state index contributed by atoms with van der Waals surface area (Å²) in [7, 11) is -3.77. The molecule has 2 aromatic heterocycles. The predicted molar refractivity (Wildman–Crippen MR) is 182 cm³/mol. The van der Waals surface area contributed by atoms with Gasteiger partial charge in [0.05, 0.1) is 15.5 Å². The highest BCUT2D eigenvalue weighted by Gasteiger charge is 2.36. The molecule has 3 heterocycles. The molecule has 9 rings (SSSR count). The minimum atomic E-state index is -3.77. The van der Waals surface area contributed by atoms with Crippen molar-refractivity contribution < 1.29 is 12.8 Å². The lowest BCUT2D eigenvalue weighted by Crippen LogP contribution is -1.98. The maximum absolute atomic E-state index is 14.0. The van der Waals surface area contributed by atoms with Gasteiger partial charge < -0.3 is 4.42 Å². The number of nitrogens with zero attached hydrogens (tertiary/aromatic N) is 2. The van der Waals surface area contributed by atoms with Gasteiger partial charge in [-0.1, -0.05) is 121 Å². The number of fused-ring (bicyclic) bond motifs is 6. The quantitative estimate of drug-likeness (QED) is 0.198. The zero-order chi connectivity index (χ0) is 30.8. The standard InChI is InChI=1S/C40H24N2O3S/c43-46(44)34-18-10-17-31(36(34)30-21-19-29(24-35(30)46)26-13-6-2-7-14-26)38-37(27-15-8-3-9-16-27)41-39-32-23-28(25-11-4-1-5-12-25)20-22-33(32)45-40(39)42-38/h1-24H. The highest BCUT2D eigenvalue weighted by atomic mass is 32.2. The Hall–Kier alpha value is -5.85. The molecule has 46 heavy (non-hydrogen) atoms. The second kappa shape index (κ2) is 10.1. The zero-order valence-corrected chi connectivity index (χ0v) is 25.2. The molecular weight excluding hydrogens is 589 g/mol. The molecule has 1 aliphatic rings. The van der Waals surface area contributed by atoms with Crippen molar-refractivity contribution in [3.05, 3.63) is 146 Å². The van der Waals surface area contributed by atoms with E-state index in [4.69, 9.17) is 14.4 Å². The summed E-state index contributed by atoms with van der Waals surface area (Å²) in [5.74, 6) is 0. The van der Waals surface area contributed by atoms with Gasteiger partial charge in [0.15, 0.2) is 0 Å². The average molecular weight is 613 g/mol. The second-order valence-corrected chi connectivity index (χ2v) is 13.3. The smallest absolute Gasteiger partial charge is 0.246 e. The number of hydrogen-bond acceptors (Lipinski definition) is 5. The predicted octanol–water partition coefficient (Wildman–Crippen LogP) is 9.86. The first-order chi connectivity index (χ1) is 22.6. The van der Waals surface area contributed by atoms with Crippen molar-refractivity contribution in [1.29, 1.82) is 0 Å². The first-order valence-corrected chi connectivity index (χ1v) is 16.5. The lowest BCUT2D eigenvalue weighted by Gasteiger charge is -2.13.